The number of hydrogen-bond donors (Lipinski definition) is 0. The quantitative estimate of drug-likeness (QED) is 0.831. The number of aromatic nitrogens is 3. The largest absolute Gasteiger partial charge is 0.378 e. The molecule has 2 aromatic rings. The Morgan fingerprint density at radius 2 is 2.11 bits per heavy atom. The van der Waals surface area contributed by atoms with Gasteiger partial charge in [-0.05, 0) is 31.9 Å². The van der Waals surface area contributed by atoms with E-state index in [2.05, 4.69) is 57.5 Å². The van der Waals surface area contributed by atoms with Crippen LogP contribution in [0.1, 0.15) is 25.5 Å². The van der Waals surface area contributed by atoms with Crippen LogP contribution in [-0.4, -0.2) is 46.9 Å². The Bertz CT molecular complexity index is 928. The van der Waals surface area contributed by atoms with Crippen molar-refractivity contribution in [1.82, 2.24) is 15.0 Å². The van der Waals surface area contributed by atoms with Crippen molar-refractivity contribution in [2.24, 2.45) is 4.99 Å². The number of para-hydroxylation sites is 2. The molecule has 8 heteroatoms. The van der Waals surface area contributed by atoms with Crippen molar-refractivity contribution in [3.63, 3.8) is 0 Å². The lowest BCUT2D eigenvalue weighted by Crippen LogP contribution is -2.46. The molecule has 3 aliphatic rings. The number of rotatable bonds is 3. The van der Waals surface area contributed by atoms with Crippen molar-refractivity contribution < 1.29 is 9.47 Å². The molecular formula is C19H22N6O2. The molecule has 27 heavy (non-hydrogen) atoms. The highest BCUT2D eigenvalue weighted by Crippen LogP contribution is 2.44. The van der Waals surface area contributed by atoms with Gasteiger partial charge in [0.1, 0.15) is 23.8 Å². The van der Waals surface area contributed by atoms with E-state index >= 15 is 0 Å². The van der Waals surface area contributed by atoms with E-state index in [1.54, 1.807) is 11.8 Å². The summed E-state index contributed by atoms with van der Waals surface area (Å²) >= 11 is 0. The van der Waals surface area contributed by atoms with Gasteiger partial charge in [0.05, 0.1) is 24.2 Å². The van der Waals surface area contributed by atoms with Gasteiger partial charge in [0, 0.05) is 19.9 Å². The average molecular weight is 366 g/mol. The molecule has 0 aliphatic carbocycles. The summed E-state index contributed by atoms with van der Waals surface area (Å²) in [5.74, 6) is 0.783. The van der Waals surface area contributed by atoms with E-state index in [1.165, 1.54) is 0 Å². The number of hydrogen-bond acceptors (Lipinski definition) is 7. The zero-order chi connectivity index (χ0) is 18.4. The van der Waals surface area contributed by atoms with Gasteiger partial charge in [0.25, 0.3) is 0 Å². The molecule has 1 aromatic carbocycles. The molecule has 1 unspecified atom stereocenters. The molecule has 0 radical (unpaired) electrons. The summed E-state index contributed by atoms with van der Waals surface area (Å²) in [5.41, 5.74) is 3.69. The number of fused-ring (bicyclic) bond motifs is 3. The van der Waals surface area contributed by atoms with E-state index in [4.69, 9.17) is 14.5 Å². The van der Waals surface area contributed by atoms with Gasteiger partial charge in [-0.1, -0.05) is 17.3 Å². The predicted molar refractivity (Wildman–Crippen MR) is 102 cm³/mol. The van der Waals surface area contributed by atoms with Crippen molar-refractivity contribution in [1.29, 1.82) is 0 Å². The molecule has 140 valence electrons. The van der Waals surface area contributed by atoms with Crippen molar-refractivity contribution in [3.8, 4) is 0 Å². The maximum Gasteiger partial charge on any atom is 0.177 e. The van der Waals surface area contributed by atoms with E-state index in [9.17, 15) is 0 Å². The number of nitrogens with zero attached hydrogens (tertiary/aromatic N) is 6. The van der Waals surface area contributed by atoms with Crippen LogP contribution in [0.4, 0.5) is 11.4 Å². The van der Waals surface area contributed by atoms with Crippen LogP contribution >= 0.6 is 0 Å². The zero-order valence-corrected chi connectivity index (χ0v) is 15.5. The minimum absolute atomic E-state index is 0.355. The van der Waals surface area contributed by atoms with Crippen LogP contribution in [0.5, 0.6) is 0 Å². The van der Waals surface area contributed by atoms with Gasteiger partial charge in [-0.2, -0.15) is 0 Å². The second-order valence-electron chi connectivity index (χ2n) is 7.14. The fourth-order valence-corrected chi connectivity index (χ4v) is 3.99. The molecule has 1 aromatic heterocycles. The third-order valence-corrected chi connectivity index (χ3v) is 5.32. The van der Waals surface area contributed by atoms with Crippen molar-refractivity contribution in [2.75, 3.05) is 30.2 Å². The maximum absolute atomic E-state index is 6.13. The summed E-state index contributed by atoms with van der Waals surface area (Å²) in [5, 5.41) is 8.41. The summed E-state index contributed by atoms with van der Waals surface area (Å²) < 4.78 is 13.0. The topological polar surface area (TPSA) is 68.0 Å². The van der Waals surface area contributed by atoms with Crippen molar-refractivity contribution >= 4 is 17.2 Å². The molecule has 0 amide bonds. The summed E-state index contributed by atoms with van der Waals surface area (Å²) in [6.07, 6.45) is 6.05. The number of methoxy groups -OCH3 is 1. The molecule has 1 saturated heterocycles. The SMILES string of the molecule is COCc1cn(C2=NCN3C2=CN(C2(C)CCCO2)c2ccccc23)nn1. The van der Waals surface area contributed by atoms with Gasteiger partial charge < -0.3 is 19.3 Å². The van der Waals surface area contributed by atoms with Gasteiger partial charge in [-0.25, -0.2) is 9.67 Å². The molecule has 3 aliphatic heterocycles. The van der Waals surface area contributed by atoms with Gasteiger partial charge in [0.2, 0.25) is 0 Å². The second kappa shape index (κ2) is 6.17. The van der Waals surface area contributed by atoms with Gasteiger partial charge in [-0.3, -0.25) is 0 Å². The highest BCUT2D eigenvalue weighted by molar-refractivity contribution is 6.07. The first-order valence-corrected chi connectivity index (χ1v) is 9.17. The summed E-state index contributed by atoms with van der Waals surface area (Å²) in [6.45, 7) is 3.92. The minimum atomic E-state index is -0.355. The van der Waals surface area contributed by atoms with E-state index in [0.717, 1.165) is 48.0 Å². The van der Waals surface area contributed by atoms with Crippen molar-refractivity contribution in [3.05, 3.63) is 48.1 Å². The third-order valence-electron chi connectivity index (χ3n) is 5.32. The van der Waals surface area contributed by atoms with Crippen LogP contribution in [0.15, 0.2) is 47.4 Å². The summed E-state index contributed by atoms with van der Waals surface area (Å²) in [4.78, 5) is 9.18. The molecule has 4 heterocycles. The number of ether oxygens (including phenoxy) is 2. The van der Waals surface area contributed by atoms with E-state index in [1.807, 2.05) is 6.20 Å². The van der Waals surface area contributed by atoms with Crippen LogP contribution in [0, 0.1) is 0 Å². The Kier molecular flexibility index (Phi) is 3.76. The van der Waals surface area contributed by atoms with Crippen LogP contribution in [-0.2, 0) is 16.1 Å². The Hall–Kier alpha value is -2.71. The predicted octanol–water partition coefficient (Wildman–Crippen LogP) is 2.34. The monoisotopic (exact) mass is 366 g/mol. The summed E-state index contributed by atoms with van der Waals surface area (Å²) in [7, 11) is 1.65. The first kappa shape index (κ1) is 16.5. The first-order chi connectivity index (χ1) is 13.2. The van der Waals surface area contributed by atoms with Crippen LogP contribution in [0.3, 0.4) is 0 Å². The molecule has 0 saturated carbocycles. The standard InChI is InChI=1S/C19H22N6O2/c1-19(8-5-9-27-19)24-11-17-18(25-10-14(12-26-2)21-22-25)20-13-23(17)15-6-3-4-7-16(15)24/h3-4,6-7,10-11H,5,8-9,12-13H2,1-2H3. The Morgan fingerprint density at radius 3 is 2.89 bits per heavy atom. The lowest BCUT2D eigenvalue weighted by atomic mass is 10.1. The third kappa shape index (κ3) is 2.55. The average Bonchev–Trinajstić information content (AvgIpc) is 3.41. The molecule has 5 rings (SSSR count). The number of allylic oxidation sites excluding steroid dienone is 1. The number of aliphatic imine (C=N–C) groups is 1. The maximum atomic E-state index is 6.13. The zero-order valence-electron chi connectivity index (χ0n) is 15.5. The Labute approximate surface area is 157 Å². The fourth-order valence-electron chi connectivity index (χ4n) is 3.99. The van der Waals surface area contributed by atoms with Crippen LogP contribution in [0.2, 0.25) is 0 Å². The van der Waals surface area contributed by atoms with E-state index in [-0.39, 0.29) is 5.72 Å². The lowest BCUT2D eigenvalue weighted by Gasteiger charge is -2.42. The van der Waals surface area contributed by atoms with E-state index in [0.29, 0.717) is 13.3 Å². The molecule has 0 bridgehead atoms. The highest BCUT2D eigenvalue weighted by atomic mass is 16.5. The van der Waals surface area contributed by atoms with E-state index < -0.39 is 0 Å². The molecule has 0 spiro atoms. The smallest absolute Gasteiger partial charge is 0.177 e. The number of anilines is 2. The van der Waals surface area contributed by atoms with Crippen LogP contribution in [0.25, 0.3) is 0 Å². The molecule has 1 fully saturated rings. The van der Waals surface area contributed by atoms with Crippen molar-refractivity contribution in [2.45, 2.75) is 32.1 Å². The lowest BCUT2D eigenvalue weighted by molar-refractivity contribution is 0.0247. The van der Waals surface area contributed by atoms with Gasteiger partial charge in [0.15, 0.2) is 5.84 Å². The van der Waals surface area contributed by atoms with Crippen LogP contribution < -0.4 is 9.80 Å². The summed E-state index contributed by atoms with van der Waals surface area (Å²) in [6, 6.07) is 8.39. The molecule has 0 N–H and O–H groups in total. The molecule has 1 atom stereocenters. The second-order valence-corrected chi connectivity index (χ2v) is 7.14. The highest BCUT2D eigenvalue weighted by Gasteiger charge is 2.41. The van der Waals surface area contributed by atoms with Gasteiger partial charge in [-0.15, -0.1) is 5.10 Å². The molecule has 8 nitrogen and oxygen atoms in total. The minimum Gasteiger partial charge on any atom is -0.378 e. The Morgan fingerprint density at radius 1 is 1.26 bits per heavy atom. The Balaban J connectivity index is 1.57. The first-order valence-electron chi connectivity index (χ1n) is 9.17. The number of benzene rings is 1. The fraction of sp³-hybridized carbons (Fsp3) is 0.421. The van der Waals surface area contributed by atoms with Gasteiger partial charge >= 0.3 is 0 Å². The normalized spacial score (nSPS) is 23.9. The molecular weight excluding hydrogens is 344 g/mol.